The molecule has 126 valence electrons. The molecule has 0 aromatic heterocycles. The summed E-state index contributed by atoms with van der Waals surface area (Å²) in [6, 6.07) is 16.5. The number of hydrogen-bond donors (Lipinski definition) is 1. The first-order chi connectivity index (χ1) is 11.5. The summed E-state index contributed by atoms with van der Waals surface area (Å²) in [4.78, 5) is 1.33. The van der Waals surface area contributed by atoms with Crippen LogP contribution in [0.1, 0.15) is 37.8 Å². The van der Waals surface area contributed by atoms with Crippen molar-refractivity contribution in [1.29, 1.82) is 5.26 Å². The van der Waals surface area contributed by atoms with Crippen molar-refractivity contribution < 1.29 is 4.74 Å². The maximum absolute atomic E-state index is 7.32. The van der Waals surface area contributed by atoms with Gasteiger partial charge in [-0.3, -0.25) is 0 Å². The SMILES string of the molecule is CC#N.COc1ccc(C2(C)CSc3cc(N)ccc3C2C)cc1. The molecule has 0 bridgehead atoms. The van der Waals surface area contributed by atoms with Gasteiger partial charge in [0.2, 0.25) is 0 Å². The summed E-state index contributed by atoms with van der Waals surface area (Å²) in [5.41, 5.74) is 9.65. The summed E-state index contributed by atoms with van der Waals surface area (Å²) in [7, 11) is 1.70. The molecule has 0 fully saturated rings. The molecule has 0 aliphatic carbocycles. The maximum atomic E-state index is 7.32. The first-order valence-corrected chi connectivity index (χ1v) is 8.92. The number of ether oxygens (including phenoxy) is 1. The second-order valence-electron chi connectivity index (χ2n) is 6.18. The quantitative estimate of drug-likeness (QED) is 0.784. The van der Waals surface area contributed by atoms with E-state index in [1.807, 2.05) is 17.8 Å². The number of fused-ring (bicyclic) bond motifs is 1. The molecule has 1 aliphatic heterocycles. The molecule has 3 nitrogen and oxygen atoms in total. The topological polar surface area (TPSA) is 59.0 Å². The van der Waals surface area contributed by atoms with Gasteiger partial charge in [0.1, 0.15) is 5.75 Å². The lowest BCUT2D eigenvalue weighted by Crippen LogP contribution is -2.34. The van der Waals surface area contributed by atoms with Gasteiger partial charge in [0.25, 0.3) is 0 Å². The Morgan fingerprint density at radius 2 is 1.88 bits per heavy atom. The Morgan fingerprint density at radius 1 is 1.25 bits per heavy atom. The largest absolute Gasteiger partial charge is 0.497 e. The number of thioether (sulfide) groups is 1. The number of nitrogens with zero attached hydrogens (tertiary/aromatic N) is 1. The molecule has 2 atom stereocenters. The fraction of sp³-hybridized carbons (Fsp3) is 0.350. The molecule has 2 aromatic carbocycles. The van der Waals surface area contributed by atoms with E-state index >= 15 is 0 Å². The highest BCUT2D eigenvalue weighted by Crippen LogP contribution is 2.50. The predicted octanol–water partition coefficient (Wildman–Crippen LogP) is 4.97. The normalized spacial score (nSPS) is 21.7. The number of nitriles is 1. The van der Waals surface area contributed by atoms with Gasteiger partial charge < -0.3 is 10.5 Å². The van der Waals surface area contributed by atoms with E-state index in [4.69, 9.17) is 15.7 Å². The van der Waals surface area contributed by atoms with Crippen LogP contribution in [0.15, 0.2) is 47.4 Å². The molecule has 0 spiro atoms. The molecule has 2 unspecified atom stereocenters. The number of rotatable bonds is 2. The number of nitrogens with two attached hydrogens (primary N) is 1. The van der Waals surface area contributed by atoms with Crippen LogP contribution in [0, 0.1) is 11.3 Å². The summed E-state index contributed by atoms with van der Waals surface area (Å²) >= 11 is 1.91. The van der Waals surface area contributed by atoms with Crippen molar-refractivity contribution in [2.24, 2.45) is 0 Å². The van der Waals surface area contributed by atoms with Gasteiger partial charge in [-0.1, -0.05) is 32.0 Å². The second kappa shape index (κ2) is 7.63. The third-order valence-electron chi connectivity index (χ3n) is 4.74. The van der Waals surface area contributed by atoms with E-state index in [0.29, 0.717) is 5.92 Å². The number of nitrogen functional groups attached to an aromatic ring is 1. The van der Waals surface area contributed by atoms with Crippen molar-refractivity contribution in [3.8, 4) is 11.8 Å². The Bertz CT molecular complexity index is 736. The zero-order valence-corrected chi connectivity index (χ0v) is 15.5. The van der Waals surface area contributed by atoms with Gasteiger partial charge in [0.15, 0.2) is 0 Å². The number of methoxy groups -OCH3 is 1. The van der Waals surface area contributed by atoms with E-state index in [1.54, 1.807) is 13.2 Å². The van der Waals surface area contributed by atoms with Crippen molar-refractivity contribution in [2.45, 2.75) is 37.0 Å². The smallest absolute Gasteiger partial charge is 0.118 e. The third kappa shape index (κ3) is 3.52. The molecule has 3 rings (SSSR count). The van der Waals surface area contributed by atoms with Crippen LogP contribution in [0.25, 0.3) is 0 Å². The average molecular weight is 340 g/mol. The van der Waals surface area contributed by atoms with Crippen molar-refractivity contribution in [2.75, 3.05) is 18.6 Å². The molecule has 0 amide bonds. The van der Waals surface area contributed by atoms with Crippen molar-refractivity contribution >= 4 is 17.4 Å². The van der Waals surface area contributed by atoms with Gasteiger partial charge >= 0.3 is 0 Å². The highest BCUT2D eigenvalue weighted by atomic mass is 32.2. The van der Waals surface area contributed by atoms with Gasteiger partial charge in [-0.25, -0.2) is 0 Å². The lowest BCUT2D eigenvalue weighted by atomic mass is 9.71. The van der Waals surface area contributed by atoms with Crippen molar-refractivity contribution in [3.63, 3.8) is 0 Å². The van der Waals surface area contributed by atoms with Crippen molar-refractivity contribution in [3.05, 3.63) is 53.6 Å². The monoisotopic (exact) mass is 340 g/mol. The Hall–Kier alpha value is -2.12. The summed E-state index contributed by atoms with van der Waals surface area (Å²) < 4.78 is 5.27. The Kier molecular flexibility index (Phi) is 5.80. The Morgan fingerprint density at radius 3 is 2.46 bits per heavy atom. The molecule has 0 saturated carbocycles. The van der Waals surface area contributed by atoms with Gasteiger partial charge in [-0.2, -0.15) is 5.26 Å². The number of anilines is 1. The van der Waals surface area contributed by atoms with E-state index in [2.05, 4.69) is 50.2 Å². The molecule has 4 heteroatoms. The highest BCUT2D eigenvalue weighted by Gasteiger charge is 2.38. The minimum atomic E-state index is 0.125. The molecule has 2 aromatic rings. The molecule has 1 aliphatic rings. The lowest BCUT2D eigenvalue weighted by Gasteiger charge is -2.41. The van der Waals surface area contributed by atoms with Crippen LogP contribution in [0.2, 0.25) is 0 Å². The molecule has 24 heavy (non-hydrogen) atoms. The maximum Gasteiger partial charge on any atom is 0.118 e. The molecular formula is C20H24N2OS. The fourth-order valence-electron chi connectivity index (χ4n) is 3.03. The van der Waals surface area contributed by atoms with Gasteiger partial charge in [-0.05, 0) is 41.3 Å². The second-order valence-corrected chi connectivity index (χ2v) is 7.19. The van der Waals surface area contributed by atoms with E-state index in [1.165, 1.54) is 22.9 Å². The predicted molar refractivity (Wildman–Crippen MR) is 102 cm³/mol. The van der Waals surface area contributed by atoms with E-state index in [9.17, 15) is 0 Å². The minimum Gasteiger partial charge on any atom is -0.497 e. The van der Waals surface area contributed by atoms with Crippen LogP contribution in [0.4, 0.5) is 5.69 Å². The minimum absolute atomic E-state index is 0.125. The van der Waals surface area contributed by atoms with Crippen molar-refractivity contribution in [1.82, 2.24) is 0 Å². The van der Waals surface area contributed by atoms with E-state index < -0.39 is 0 Å². The van der Waals surface area contributed by atoms with Crippen LogP contribution < -0.4 is 10.5 Å². The van der Waals surface area contributed by atoms with Crippen LogP contribution in [-0.4, -0.2) is 12.9 Å². The van der Waals surface area contributed by atoms with E-state index in [0.717, 1.165) is 17.2 Å². The molecule has 0 radical (unpaired) electrons. The standard InChI is InChI=1S/C18H21NOS.C2H3N/c1-12-16-9-6-14(19)10-17(16)21-11-18(12,2)13-4-7-15(20-3)8-5-13;1-2-3/h4-10,12H,11,19H2,1-3H3;1H3. The van der Waals surface area contributed by atoms with Gasteiger partial charge in [-0.15, -0.1) is 11.8 Å². The molecular weight excluding hydrogens is 316 g/mol. The van der Waals surface area contributed by atoms with Crippen LogP contribution in [0.3, 0.4) is 0 Å². The lowest BCUT2D eigenvalue weighted by molar-refractivity contribution is 0.411. The third-order valence-corrected chi connectivity index (χ3v) is 6.15. The summed E-state index contributed by atoms with van der Waals surface area (Å²) in [6.07, 6.45) is 0. The van der Waals surface area contributed by atoms with Gasteiger partial charge in [0.05, 0.1) is 13.2 Å². The number of benzene rings is 2. The van der Waals surface area contributed by atoms with Crippen LogP contribution in [0.5, 0.6) is 5.75 Å². The summed E-state index contributed by atoms with van der Waals surface area (Å²) in [6.45, 7) is 6.10. The fourth-order valence-corrected chi connectivity index (χ4v) is 4.54. The molecule has 1 heterocycles. The molecule has 0 saturated heterocycles. The first-order valence-electron chi connectivity index (χ1n) is 7.94. The zero-order chi connectivity index (χ0) is 17.7. The highest BCUT2D eigenvalue weighted by molar-refractivity contribution is 7.99. The summed E-state index contributed by atoms with van der Waals surface area (Å²) in [5.74, 6) is 2.44. The van der Waals surface area contributed by atoms with E-state index in [-0.39, 0.29) is 5.41 Å². The first kappa shape index (κ1) is 18.2. The zero-order valence-electron chi connectivity index (χ0n) is 14.7. The van der Waals surface area contributed by atoms with Gasteiger partial charge in [0, 0.05) is 28.7 Å². The average Bonchev–Trinajstić information content (AvgIpc) is 2.59. The molecule has 2 N–H and O–H groups in total. The van der Waals surface area contributed by atoms with Crippen LogP contribution in [-0.2, 0) is 5.41 Å². The Labute approximate surface area is 148 Å². The summed E-state index contributed by atoms with van der Waals surface area (Å²) in [5, 5.41) is 7.32. The van der Waals surface area contributed by atoms with Crippen LogP contribution >= 0.6 is 11.8 Å². The Balaban J connectivity index is 0.000000647. The number of hydrogen-bond acceptors (Lipinski definition) is 4.